The van der Waals surface area contributed by atoms with Gasteiger partial charge in [-0.1, -0.05) is 0 Å². The number of aliphatic hydroxyl groups excluding tert-OH is 1. The summed E-state index contributed by atoms with van der Waals surface area (Å²) < 4.78 is 7.23. The number of rotatable bonds is 3. The number of hydrogen-bond acceptors (Lipinski definition) is 5. The highest BCUT2D eigenvalue weighted by Crippen LogP contribution is 2.30. The lowest BCUT2D eigenvalue weighted by molar-refractivity contribution is -0.685. The maximum absolute atomic E-state index is 12.6. The quantitative estimate of drug-likeness (QED) is 0.797. The fourth-order valence-corrected chi connectivity index (χ4v) is 2.66. The molecule has 1 fully saturated rings. The molecule has 1 aromatic heterocycles. The Balaban J connectivity index is 2.04. The molecule has 0 aliphatic carbocycles. The number of nitrogens with zero attached hydrogens (tertiary/aromatic N) is 4. The summed E-state index contributed by atoms with van der Waals surface area (Å²) in [5.41, 5.74) is 0.812. The van der Waals surface area contributed by atoms with Gasteiger partial charge in [-0.15, -0.1) is 0 Å². The third kappa shape index (κ3) is 1.79. The molecule has 8 heteroatoms. The summed E-state index contributed by atoms with van der Waals surface area (Å²) in [5.74, 6) is 0.743. The van der Waals surface area contributed by atoms with E-state index < -0.39 is 12.1 Å². The molecule has 2 aliphatic heterocycles. The highest BCUT2D eigenvalue weighted by Gasteiger charge is 2.55. The van der Waals surface area contributed by atoms with Gasteiger partial charge in [-0.05, 0) is 13.3 Å². The van der Waals surface area contributed by atoms with Crippen molar-refractivity contribution < 1.29 is 23.7 Å². The van der Waals surface area contributed by atoms with E-state index in [9.17, 15) is 9.59 Å². The average molecular weight is 293 g/mol. The van der Waals surface area contributed by atoms with Gasteiger partial charge in [-0.2, -0.15) is 4.57 Å². The van der Waals surface area contributed by atoms with Crippen LogP contribution in [0.5, 0.6) is 0 Å². The largest absolute Gasteiger partial charge is 0.507 e. The van der Waals surface area contributed by atoms with E-state index in [1.54, 1.807) is 11.6 Å². The van der Waals surface area contributed by atoms with Crippen LogP contribution in [-0.2, 0) is 4.79 Å². The minimum Gasteiger partial charge on any atom is -0.396 e. The number of aryl methyl sites for hydroxylation is 1. The summed E-state index contributed by atoms with van der Waals surface area (Å²) in [5, 5.41) is 8.92. The minimum absolute atomic E-state index is 0.0748. The standard InChI is InChI=1S/C13H17N4O4/c1-7-8(2)21-12-14-10-9(17(7)12)11(19)16(5-4-6-18)13(20)15(10)3/h9,18H,4-6H2,1-3H3/q+1. The van der Waals surface area contributed by atoms with E-state index in [-0.39, 0.29) is 19.1 Å². The monoisotopic (exact) mass is 293 g/mol. The van der Waals surface area contributed by atoms with Gasteiger partial charge >= 0.3 is 12.0 Å². The predicted molar refractivity (Wildman–Crippen MR) is 71.1 cm³/mol. The fourth-order valence-electron chi connectivity index (χ4n) is 2.66. The highest BCUT2D eigenvalue weighted by atomic mass is 16.4. The molecule has 1 unspecified atom stereocenters. The van der Waals surface area contributed by atoms with Gasteiger partial charge in [0.25, 0.3) is 17.8 Å². The van der Waals surface area contributed by atoms with Crippen LogP contribution >= 0.6 is 0 Å². The second-order valence-corrected chi connectivity index (χ2v) is 5.18. The van der Waals surface area contributed by atoms with Gasteiger partial charge in [0.05, 0.1) is 0 Å². The molecule has 1 N–H and O–H groups in total. The topological polar surface area (TPSA) is 90.2 Å². The first-order valence-electron chi connectivity index (χ1n) is 6.77. The van der Waals surface area contributed by atoms with Gasteiger partial charge in [-0.3, -0.25) is 14.6 Å². The number of carbonyl (C=O) groups is 2. The molecule has 2 aliphatic rings. The van der Waals surface area contributed by atoms with E-state index >= 15 is 0 Å². The number of amidine groups is 1. The summed E-state index contributed by atoms with van der Waals surface area (Å²) in [7, 11) is 1.58. The zero-order valence-electron chi connectivity index (χ0n) is 12.2. The van der Waals surface area contributed by atoms with Crippen LogP contribution in [-0.4, -0.2) is 52.9 Å². The fraction of sp³-hybridized carbons (Fsp3) is 0.538. The van der Waals surface area contributed by atoms with Gasteiger partial charge in [0.15, 0.2) is 5.76 Å². The highest BCUT2D eigenvalue weighted by molar-refractivity contribution is 6.18. The number of imide groups is 1. The lowest BCUT2D eigenvalue weighted by atomic mass is 10.1. The Hall–Kier alpha value is -2.22. The van der Waals surface area contributed by atoms with E-state index in [1.165, 1.54) is 4.90 Å². The number of likely N-dealkylation sites (N-methyl/N-ethyl adjacent to an activating group) is 1. The molecule has 1 saturated heterocycles. The third-order valence-electron chi connectivity index (χ3n) is 3.94. The first kappa shape index (κ1) is 13.7. The van der Waals surface area contributed by atoms with E-state index in [0.717, 1.165) is 10.6 Å². The summed E-state index contributed by atoms with van der Waals surface area (Å²) in [6.07, 6.45) is 0.353. The summed E-state index contributed by atoms with van der Waals surface area (Å²) in [4.78, 5) is 31.7. The zero-order chi connectivity index (χ0) is 15.3. The Bertz CT molecular complexity index is 663. The van der Waals surface area contributed by atoms with E-state index in [2.05, 4.69) is 4.99 Å². The van der Waals surface area contributed by atoms with Crippen molar-refractivity contribution in [3.05, 3.63) is 11.5 Å². The van der Waals surface area contributed by atoms with Crippen LogP contribution < -0.4 is 4.57 Å². The Morgan fingerprint density at radius 1 is 1.38 bits per heavy atom. The SMILES string of the molecule is Cc1oc2[n+](c1C)C1C(=O)N(CCCO)C(=O)N(C)C1=N2. The Labute approximate surface area is 121 Å². The van der Waals surface area contributed by atoms with E-state index in [0.29, 0.717) is 24.0 Å². The van der Waals surface area contributed by atoms with Gasteiger partial charge < -0.3 is 9.52 Å². The van der Waals surface area contributed by atoms with Crippen molar-refractivity contribution >= 4 is 23.8 Å². The molecular weight excluding hydrogens is 276 g/mol. The molecule has 112 valence electrons. The average Bonchev–Trinajstić information content (AvgIpc) is 2.95. The van der Waals surface area contributed by atoms with Crippen LogP contribution in [0.4, 0.5) is 10.8 Å². The molecule has 0 bridgehead atoms. The molecule has 1 atom stereocenters. The molecule has 3 amide bonds. The van der Waals surface area contributed by atoms with E-state index in [1.807, 2.05) is 13.8 Å². The Morgan fingerprint density at radius 2 is 2.10 bits per heavy atom. The van der Waals surface area contributed by atoms with E-state index in [4.69, 9.17) is 9.52 Å². The second-order valence-electron chi connectivity index (χ2n) is 5.18. The molecule has 0 spiro atoms. The number of hydrogen-bond donors (Lipinski definition) is 1. The van der Waals surface area contributed by atoms with Crippen molar-refractivity contribution in [1.82, 2.24) is 9.80 Å². The van der Waals surface area contributed by atoms with Crippen molar-refractivity contribution in [2.45, 2.75) is 26.3 Å². The van der Waals surface area contributed by atoms with Crippen LogP contribution in [0.2, 0.25) is 0 Å². The van der Waals surface area contributed by atoms with Crippen molar-refractivity contribution in [2.75, 3.05) is 20.2 Å². The molecule has 8 nitrogen and oxygen atoms in total. The van der Waals surface area contributed by atoms with Crippen molar-refractivity contribution in [1.29, 1.82) is 0 Å². The molecule has 21 heavy (non-hydrogen) atoms. The van der Waals surface area contributed by atoms with Crippen molar-refractivity contribution in [3.63, 3.8) is 0 Å². The maximum Gasteiger partial charge on any atom is 0.507 e. The predicted octanol–water partition coefficient (Wildman–Crippen LogP) is 0.0450. The normalized spacial score (nSPS) is 20.8. The van der Waals surface area contributed by atoms with Gasteiger partial charge in [0.2, 0.25) is 0 Å². The Morgan fingerprint density at radius 3 is 2.76 bits per heavy atom. The van der Waals surface area contributed by atoms with Crippen LogP contribution in [0, 0.1) is 13.8 Å². The lowest BCUT2D eigenvalue weighted by Gasteiger charge is -2.32. The summed E-state index contributed by atoms with van der Waals surface area (Å²) in [6.45, 7) is 3.77. The number of aliphatic imine (C=N–C) groups is 1. The molecule has 3 rings (SSSR count). The minimum atomic E-state index is -0.668. The molecular formula is C13H17N4O4+. The van der Waals surface area contributed by atoms with Gasteiger partial charge in [0.1, 0.15) is 5.69 Å². The number of carbonyl (C=O) groups excluding carboxylic acids is 2. The number of amides is 3. The number of fused-ring (bicyclic) bond motifs is 3. The molecule has 0 radical (unpaired) electrons. The maximum atomic E-state index is 12.6. The van der Waals surface area contributed by atoms with Crippen molar-refractivity contribution in [3.8, 4) is 0 Å². The molecule has 3 heterocycles. The zero-order valence-corrected chi connectivity index (χ0v) is 12.2. The number of aromatic nitrogens is 1. The second kappa shape index (κ2) is 4.66. The van der Waals surface area contributed by atoms with Crippen LogP contribution in [0.1, 0.15) is 23.9 Å². The summed E-state index contributed by atoms with van der Waals surface area (Å²) >= 11 is 0. The first-order chi connectivity index (χ1) is 9.97. The van der Waals surface area contributed by atoms with Crippen LogP contribution in [0.15, 0.2) is 9.41 Å². The van der Waals surface area contributed by atoms with Gasteiger partial charge in [-0.25, -0.2) is 4.79 Å². The van der Waals surface area contributed by atoms with Crippen LogP contribution in [0.3, 0.4) is 0 Å². The number of aliphatic hydroxyl groups is 1. The molecule has 1 aromatic rings. The third-order valence-corrected chi connectivity index (χ3v) is 3.94. The number of urea groups is 1. The lowest BCUT2D eigenvalue weighted by Crippen LogP contribution is -2.63. The smallest absolute Gasteiger partial charge is 0.396 e. The van der Waals surface area contributed by atoms with Crippen LogP contribution in [0.25, 0.3) is 0 Å². The number of oxazole rings is 1. The van der Waals surface area contributed by atoms with Gasteiger partial charge in [0, 0.05) is 32.1 Å². The summed E-state index contributed by atoms with van der Waals surface area (Å²) in [6, 6.07) is -0.760. The first-order valence-corrected chi connectivity index (χ1v) is 6.77. The Kier molecular flexibility index (Phi) is 3.05. The van der Waals surface area contributed by atoms with Crippen molar-refractivity contribution in [2.24, 2.45) is 4.99 Å². The molecule has 0 saturated carbocycles. The molecule has 0 aromatic carbocycles.